The molecule has 3 aromatic carbocycles. The number of para-hydroxylation sites is 2. The summed E-state index contributed by atoms with van der Waals surface area (Å²) in [5.41, 5.74) is 5.94. The Kier molecular flexibility index (Phi) is 11.8. The molecule has 55 heavy (non-hydrogen) atoms. The monoisotopic (exact) mass is 747 g/mol. The zero-order valence-electron chi connectivity index (χ0n) is 32.8. The van der Waals surface area contributed by atoms with Crippen molar-refractivity contribution in [2.45, 2.75) is 109 Å². The Morgan fingerprint density at radius 2 is 1.11 bits per heavy atom. The van der Waals surface area contributed by atoms with Crippen molar-refractivity contribution in [2.24, 2.45) is 5.92 Å². The maximum Gasteiger partial charge on any atom is 0.321 e. The number of benzene rings is 3. The van der Waals surface area contributed by atoms with E-state index in [4.69, 9.17) is 0 Å². The maximum atomic E-state index is 13.6. The quantitative estimate of drug-likeness (QED) is 0.220. The van der Waals surface area contributed by atoms with Crippen LogP contribution in [-0.4, -0.2) is 77.9 Å². The molecule has 4 aliphatic rings. The third-order valence-electron chi connectivity index (χ3n) is 12.2. The van der Waals surface area contributed by atoms with E-state index in [0.29, 0.717) is 45.1 Å². The van der Waals surface area contributed by atoms with Crippen LogP contribution in [0.4, 0.5) is 27.5 Å². The summed E-state index contributed by atoms with van der Waals surface area (Å²) in [6.45, 7) is 10.1. The topological polar surface area (TPSA) is 117 Å². The standard InChI is InChI=1S/C44H57N7O4/c1-5-41(52)50-29(3)27-37(35-11-7-9-13-39(35)50)45-32-17-15-31(16-18-32)43(54)48-23-25-49(26-24-48)44(55)47-34-21-19-33(20-22-34)46-38-28-30(4)51(42(53)6-2)40-14-10-8-12-36(38)40/h7-14,19-22,29-32,37-38,45-46H,5-6,15-18,23-28H2,1-4H3,(H,47,55)/t29-,30-,31?,32?,37+,38+/m0/s1. The summed E-state index contributed by atoms with van der Waals surface area (Å²) in [4.78, 5) is 59.9. The van der Waals surface area contributed by atoms with E-state index in [1.165, 1.54) is 5.56 Å². The van der Waals surface area contributed by atoms with E-state index in [0.717, 1.165) is 66.8 Å². The molecule has 11 heteroatoms. The average molecular weight is 748 g/mol. The van der Waals surface area contributed by atoms with Gasteiger partial charge < -0.3 is 35.6 Å². The van der Waals surface area contributed by atoms with Crippen molar-refractivity contribution < 1.29 is 19.2 Å². The van der Waals surface area contributed by atoms with Crippen LogP contribution in [0.25, 0.3) is 0 Å². The molecule has 0 spiro atoms. The van der Waals surface area contributed by atoms with E-state index in [1.807, 2.05) is 77.1 Å². The van der Waals surface area contributed by atoms with Crippen LogP contribution in [0.2, 0.25) is 0 Å². The van der Waals surface area contributed by atoms with E-state index in [9.17, 15) is 19.2 Å². The molecule has 292 valence electrons. The van der Waals surface area contributed by atoms with Gasteiger partial charge in [-0.2, -0.15) is 0 Å². The molecule has 0 bridgehead atoms. The Labute approximate surface area is 325 Å². The number of hydrogen-bond donors (Lipinski definition) is 3. The van der Waals surface area contributed by atoms with Gasteiger partial charge in [-0.3, -0.25) is 14.4 Å². The summed E-state index contributed by atoms with van der Waals surface area (Å²) in [7, 11) is 0. The minimum absolute atomic E-state index is 0.0175. The van der Waals surface area contributed by atoms with Gasteiger partial charge in [0.05, 0.1) is 6.04 Å². The zero-order valence-corrected chi connectivity index (χ0v) is 32.8. The van der Waals surface area contributed by atoms with Gasteiger partial charge in [0, 0.05) is 91.9 Å². The second-order valence-corrected chi connectivity index (χ2v) is 15.8. The lowest BCUT2D eigenvalue weighted by Gasteiger charge is -2.42. The lowest BCUT2D eigenvalue weighted by atomic mass is 9.83. The van der Waals surface area contributed by atoms with E-state index in [-0.39, 0.29) is 53.8 Å². The van der Waals surface area contributed by atoms with E-state index < -0.39 is 0 Å². The first kappa shape index (κ1) is 38.4. The Hall–Kier alpha value is -4.90. The van der Waals surface area contributed by atoms with Crippen LogP contribution in [0.1, 0.15) is 102 Å². The summed E-state index contributed by atoms with van der Waals surface area (Å²) in [5.74, 6) is 0.528. The van der Waals surface area contributed by atoms with E-state index in [2.05, 4.69) is 54.1 Å². The minimum atomic E-state index is -0.157. The summed E-state index contributed by atoms with van der Waals surface area (Å²) in [5, 5.41) is 10.6. The number of piperazine rings is 1. The van der Waals surface area contributed by atoms with Crippen molar-refractivity contribution in [3.05, 3.63) is 83.9 Å². The predicted octanol–water partition coefficient (Wildman–Crippen LogP) is 7.48. The van der Waals surface area contributed by atoms with Crippen molar-refractivity contribution >= 4 is 46.5 Å². The van der Waals surface area contributed by atoms with Crippen molar-refractivity contribution in [2.75, 3.05) is 46.6 Å². The van der Waals surface area contributed by atoms with Gasteiger partial charge in [-0.25, -0.2) is 4.79 Å². The number of amides is 5. The van der Waals surface area contributed by atoms with Crippen LogP contribution in [0.15, 0.2) is 72.8 Å². The molecule has 3 N–H and O–H groups in total. The van der Waals surface area contributed by atoms with Gasteiger partial charge in [-0.15, -0.1) is 0 Å². The number of carbonyl (C=O) groups is 4. The fraction of sp³-hybridized carbons (Fsp3) is 0.500. The highest BCUT2D eigenvalue weighted by atomic mass is 16.2. The molecule has 5 amide bonds. The second-order valence-electron chi connectivity index (χ2n) is 15.8. The number of nitrogens with one attached hydrogen (secondary N) is 3. The van der Waals surface area contributed by atoms with Crippen LogP contribution in [-0.2, 0) is 14.4 Å². The molecule has 0 aromatic heterocycles. The Balaban J connectivity index is 0.860. The highest BCUT2D eigenvalue weighted by molar-refractivity contribution is 5.96. The largest absolute Gasteiger partial charge is 0.378 e. The molecule has 1 saturated heterocycles. The molecule has 3 heterocycles. The Bertz CT molecular complexity index is 1850. The number of rotatable bonds is 8. The number of nitrogens with zero attached hydrogens (tertiary/aromatic N) is 4. The lowest BCUT2D eigenvalue weighted by Crippen LogP contribution is -2.53. The molecule has 0 unspecified atom stereocenters. The van der Waals surface area contributed by atoms with Gasteiger partial charge in [-0.1, -0.05) is 50.2 Å². The molecular weight excluding hydrogens is 691 g/mol. The summed E-state index contributed by atoms with van der Waals surface area (Å²) in [6, 6.07) is 24.8. The van der Waals surface area contributed by atoms with Crippen molar-refractivity contribution in [3.63, 3.8) is 0 Å². The third-order valence-corrected chi connectivity index (χ3v) is 12.2. The molecule has 1 saturated carbocycles. The number of fused-ring (bicyclic) bond motifs is 2. The first-order valence-corrected chi connectivity index (χ1v) is 20.4. The third kappa shape index (κ3) is 8.22. The van der Waals surface area contributed by atoms with Crippen LogP contribution >= 0.6 is 0 Å². The van der Waals surface area contributed by atoms with Gasteiger partial charge in [0.15, 0.2) is 0 Å². The number of anilines is 4. The second kappa shape index (κ2) is 16.9. The zero-order chi connectivity index (χ0) is 38.6. The Morgan fingerprint density at radius 1 is 0.618 bits per heavy atom. The predicted molar refractivity (Wildman–Crippen MR) is 218 cm³/mol. The van der Waals surface area contributed by atoms with Gasteiger partial charge in [0.25, 0.3) is 0 Å². The smallest absolute Gasteiger partial charge is 0.321 e. The fourth-order valence-corrected chi connectivity index (χ4v) is 9.25. The molecule has 4 atom stereocenters. The van der Waals surface area contributed by atoms with Crippen molar-refractivity contribution in [1.29, 1.82) is 0 Å². The lowest BCUT2D eigenvalue weighted by molar-refractivity contribution is -0.138. The van der Waals surface area contributed by atoms with Crippen LogP contribution in [0.5, 0.6) is 0 Å². The number of hydrogen-bond acceptors (Lipinski definition) is 6. The highest BCUT2D eigenvalue weighted by Crippen LogP contribution is 2.40. The summed E-state index contributed by atoms with van der Waals surface area (Å²) >= 11 is 0. The molecule has 3 aromatic rings. The summed E-state index contributed by atoms with van der Waals surface area (Å²) < 4.78 is 0. The van der Waals surface area contributed by atoms with Crippen molar-refractivity contribution in [3.8, 4) is 0 Å². The van der Waals surface area contributed by atoms with Gasteiger partial charge >= 0.3 is 6.03 Å². The van der Waals surface area contributed by atoms with Crippen LogP contribution in [0, 0.1) is 5.92 Å². The molecule has 11 nitrogen and oxygen atoms in total. The van der Waals surface area contributed by atoms with Gasteiger partial charge in [0.1, 0.15) is 0 Å². The fourth-order valence-electron chi connectivity index (χ4n) is 9.25. The molecule has 0 radical (unpaired) electrons. The SMILES string of the molecule is CCC(=O)N1c2ccccc2[C@H](Nc2ccc(NC(=O)N3CCN(C(=O)C4CCC(N[C@@H]5C[C@H](C)N(C(=O)CC)c6ccccc65)CC4)CC3)cc2)C[C@@H]1C. The molecule has 7 rings (SSSR count). The molecule has 2 fully saturated rings. The molecule has 3 aliphatic heterocycles. The average Bonchev–Trinajstić information content (AvgIpc) is 3.21. The normalized spacial score (nSPS) is 25.1. The highest BCUT2D eigenvalue weighted by Gasteiger charge is 2.37. The van der Waals surface area contributed by atoms with Crippen LogP contribution in [0.3, 0.4) is 0 Å². The minimum Gasteiger partial charge on any atom is -0.378 e. The summed E-state index contributed by atoms with van der Waals surface area (Å²) in [6.07, 6.45) is 6.25. The maximum absolute atomic E-state index is 13.6. The first-order chi connectivity index (χ1) is 26.6. The van der Waals surface area contributed by atoms with E-state index >= 15 is 0 Å². The van der Waals surface area contributed by atoms with Gasteiger partial charge in [-0.05, 0) is 99.9 Å². The molecule has 1 aliphatic carbocycles. The van der Waals surface area contributed by atoms with Crippen molar-refractivity contribution in [1.82, 2.24) is 15.1 Å². The van der Waals surface area contributed by atoms with E-state index in [1.54, 1.807) is 4.90 Å². The Morgan fingerprint density at radius 3 is 1.67 bits per heavy atom. The van der Waals surface area contributed by atoms with Gasteiger partial charge in [0.2, 0.25) is 17.7 Å². The number of carbonyl (C=O) groups excluding carboxylic acids is 4. The first-order valence-electron chi connectivity index (χ1n) is 20.4. The molecular formula is C44H57N7O4. The number of urea groups is 1. The van der Waals surface area contributed by atoms with Crippen LogP contribution < -0.4 is 25.8 Å².